The van der Waals surface area contributed by atoms with Gasteiger partial charge in [-0.05, 0) is 29.7 Å². The third-order valence-corrected chi connectivity index (χ3v) is 5.79. The molecule has 0 saturated carbocycles. The number of halogens is 3. The maximum atomic E-state index is 13.0. The third kappa shape index (κ3) is 5.28. The summed E-state index contributed by atoms with van der Waals surface area (Å²) in [6, 6.07) is 21.4. The maximum Gasteiger partial charge on any atom is 0.417 e. The fraction of sp³-hybridized carbons (Fsp3) is 0.174. The first kappa shape index (κ1) is 21.9. The lowest BCUT2D eigenvalue weighted by Gasteiger charge is -2.19. The number of benzene rings is 2. The van der Waals surface area contributed by atoms with Crippen LogP contribution in [0, 0.1) is 0 Å². The highest BCUT2D eigenvalue weighted by molar-refractivity contribution is 7.99. The fourth-order valence-corrected chi connectivity index (χ4v) is 4.02. The summed E-state index contributed by atoms with van der Waals surface area (Å²) in [6.45, 7) is 0. The average Bonchev–Trinajstić information content (AvgIpc) is 3.20. The van der Waals surface area contributed by atoms with Crippen molar-refractivity contribution in [1.29, 1.82) is 0 Å². The van der Waals surface area contributed by atoms with Crippen molar-refractivity contribution in [2.45, 2.75) is 23.8 Å². The molecule has 1 N–H and O–H groups in total. The summed E-state index contributed by atoms with van der Waals surface area (Å²) in [5.74, 6) is -0.252. The number of alkyl halides is 3. The Labute approximate surface area is 186 Å². The van der Waals surface area contributed by atoms with E-state index >= 15 is 0 Å². The molecule has 5 nitrogen and oxygen atoms in total. The molecule has 0 bridgehead atoms. The number of thioether (sulfide) groups is 1. The zero-order valence-electron chi connectivity index (χ0n) is 16.8. The van der Waals surface area contributed by atoms with Crippen molar-refractivity contribution in [1.82, 2.24) is 19.9 Å². The molecule has 0 fully saturated rings. The van der Waals surface area contributed by atoms with Gasteiger partial charge in [0.2, 0.25) is 5.91 Å². The van der Waals surface area contributed by atoms with Gasteiger partial charge in [0.25, 0.3) is 0 Å². The molecule has 1 amide bonds. The van der Waals surface area contributed by atoms with E-state index in [1.165, 1.54) is 10.5 Å². The smallest absolute Gasteiger partial charge is 0.348 e. The highest BCUT2D eigenvalue weighted by atomic mass is 32.2. The van der Waals surface area contributed by atoms with Gasteiger partial charge in [-0.15, -0.1) is 10.2 Å². The van der Waals surface area contributed by atoms with Crippen molar-refractivity contribution in [3.63, 3.8) is 0 Å². The number of hydrogen-bond acceptors (Lipinski definition) is 4. The summed E-state index contributed by atoms with van der Waals surface area (Å²) in [4.78, 5) is 12.7. The van der Waals surface area contributed by atoms with Crippen LogP contribution in [0.25, 0.3) is 5.65 Å². The topological polar surface area (TPSA) is 59.3 Å². The summed E-state index contributed by atoms with van der Waals surface area (Å²) in [6.07, 6.45) is -2.92. The fourth-order valence-electron chi connectivity index (χ4n) is 3.29. The maximum absolute atomic E-state index is 13.0. The molecule has 0 aliphatic rings. The van der Waals surface area contributed by atoms with Gasteiger partial charge in [-0.25, -0.2) is 0 Å². The second kappa shape index (κ2) is 9.44. The minimum atomic E-state index is -4.47. The second-order valence-electron chi connectivity index (χ2n) is 7.14. The molecule has 0 aliphatic heterocycles. The van der Waals surface area contributed by atoms with Gasteiger partial charge in [0.15, 0.2) is 10.8 Å². The molecule has 4 rings (SSSR count). The summed E-state index contributed by atoms with van der Waals surface area (Å²) in [5, 5.41) is 11.1. The van der Waals surface area contributed by atoms with Crippen LogP contribution in [0.1, 0.15) is 22.7 Å². The molecule has 9 heteroatoms. The monoisotopic (exact) mass is 456 g/mol. The number of carbonyl (C=O) groups excluding carboxylic acids is 1. The zero-order valence-corrected chi connectivity index (χ0v) is 17.6. The molecule has 0 radical (unpaired) electrons. The SMILES string of the molecule is O=C(CSc1nnc2ccc(C(F)(F)F)cn12)NC(Cc1ccccc1)c1ccccc1. The van der Waals surface area contributed by atoms with E-state index in [2.05, 4.69) is 15.5 Å². The van der Waals surface area contributed by atoms with E-state index in [4.69, 9.17) is 0 Å². The summed E-state index contributed by atoms with van der Waals surface area (Å²) in [5.41, 5.74) is 1.53. The molecule has 0 aliphatic carbocycles. The summed E-state index contributed by atoms with van der Waals surface area (Å²) < 4.78 is 40.3. The summed E-state index contributed by atoms with van der Waals surface area (Å²) in [7, 11) is 0. The van der Waals surface area contributed by atoms with Gasteiger partial charge in [0, 0.05) is 6.20 Å². The Hall–Kier alpha value is -3.33. The van der Waals surface area contributed by atoms with Crippen molar-refractivity contribution in [2.24, 2.45) is 0 Å². The number of amides is 1. The molecule has 0 saturated heterocycles. The van der Waals surface area contributed by atoms with E-state index in [-0.39, 0.29) is 28.5 Å². The van der Waals surface area contributed by atoms with E-state index < -0.39 is 11.7 Å². The standard InChI is InChI=1S/C23H19F3N4OS/c24-23(25,26)18-11-12-20-28-29-22(30(20)14-18)32-15-21(31)27-19(17-9-5-2-6-10-17)13-16-7-3-1-4-8-16/h1-12,14,19H,13,15H2,(H,27,31). The number of pyridine rings is 1. The largest absolute Gasteiger partial charge is 0.417 e. The van der Waals surface area contributed by atoms with Crippen LogP contribution in [-0.4, -0.2) is 26.3 Å². The van der Waals surface area contributed by atoms with Gasteiger partial charge < -0.3 is 5.32 Å². The van der Waals surface area contributed by atoms with Gasteiger partial charge in [0.1, 0.15) is 0 Å². The molecule has 2 aromatic heterocycles. The quantitative estimate of drug-likeness (QED) is 0.400. The van der Waals surface area contributed by atoms with Crippen LogP contribution in [0.3, 0.4) is 0 Å². The number of aromatic nitrogens is 3. The molecular formula is C23H19F3N4OS. The third-order valence-electron chi connectivity index (χ3n) is 4.85. The minimum absolute atomic E-state index is 0.00480. The van der Waals surface area contributed by atoms with Gasteiger partial charge >= 0.3 is 6.18 Å². The molecular weight excluding hydrogens is 437 g/mol. The van der Waals surface area contributed by atoms with E-state index in [9.17, 15) is 18.0 Å². The zero-order chi connectivity index (χ0) is 22.6. The number of nitrogens with one attached hydrogen (secondary N) is 1. The Morgan fingerprint density at radius 3 is 2.34 bits per heavy atom. The van der Waals surface area contributed by atoms with Crippen LogP contribution >= 0.6 is 11.8 Å². The highest BCUT2D eigenvalue weighted by Gasteiger charge is 2.31. The van der Waals surface area contributed by atoms with Gasteiger partial charge in [0.05, 0.1) is 17.4 Å². The lowest BCUT2D eigenvalue weighted by atomic mass is 9.99. The van der Waals surface area contributed by atoms with Crippen LogP contribution in [0.4, 0.5) is 13.2 Å². The average molecular weight is 456 g/mol. The number of carbonyl (C=O) groups is 1. The van der Waals surface area contributed by atoms with E-state index in [0.29, 0.717) is 6.42 Å². The van der Waals surface area contributed by atoms with E-state index in [1.807, 2.05) is 60.7 Å². The highest BCUT2D eigenvalue weighted by Crippen LogP contribution is 2.30. The Kier molecular flexibility index (Phi) is 6.45. The molecule has 1 atom stereocenters. The first-order valence-corrected chi connectivity index (χ1v) is 10.8. The van der Waals surface area contributed by atoms with E-state index in [0.717, 1.165) is 35.2 Å². The minimum Gasteiger partial charge on any atom is -0.348 e. The lowest BCUT2D eigenvalue weighted by molar-refractivity contribution is -0.137. The van der Waals surface area contributed by atoms with E-state index in [1.54, 1.807) is 0 Å². The predicted molar refractivity (Wildman–Crippen MR) is 116 cm³/mol. The number of hydrogen-bond donors (Lipinski definition) is 1. The Balaban J connectivity index is 1.47. The van der Waals surface area contributed by atoms with Gasteiger partial charge in [-0.1, -0.05) is 72.4 Å². The lowest BCUT2D eigenvalue weighted by Crippen LogP contribution is -2.31. The molecule has 1 unspecified atom stereocenters. The number of rotatable bonds is 7. The first-order valence-electron chi connectivity index (χ1n) is 9.83. The van der Waals surface area contributed by atoms with Crippen LogP contribution in [0.15, 0.2) is 84.1 Å². The van der Waals surface area contributed by atoms with Crippen molar-refractivity contribution in [3.8, 4) is 0 Å². The van der Waals surface area contributed by atoms with Crippen LogP contribution < -0.4 is 5.32 Å². The van der Waals surface area contributed by atoms with Gasteiger partial charge in [-0.2, -0.15) is 13.2 Å². The van der Waals surface area contributed by atoms with Crippen molar-refractivity contribution < 1.29 is 18.0 Å². The normalized spacial score (nSPS) is 12.6. The molecule has 0 spiro atoms. The second-order valence-corrected chi connectivity index (χ2v) is 8.08. The van der Waals surface area contributed by atoms with Crippen molar-refractivity contribution in [2.75, 3.05) is 5.75 Å². The molecule has 32 heavy (non-hydrogen) atoms. The van der Waals surface area contributed by atoms with Gasteiger partial charge in [-0.3, -0.25) is 9.20 Å². The van der Waals surface area contributed by atoms with Crippen LogP contribution in [0.5, 0.6) is 0 Å². The predicted octanol–water partition coefficient (Wildman–Crippen LogP) is 4.94. The molecule has 2 aromatic carbocycles. The summed E-state index contributed by atoms with van der Waals surface area (Å²) >= 11 is 1.04. The van der Waals surface area contributed by atoms with Crippen molar-refractivity contribution in [3.05, 3.63) is 95.7 Å². The number of fused-ring (bicyclic) bond motifs is 1. The first-order chi connectivity index (χ1) is 15.4. The van der Waals surface area contributed by atoms with Crippen molar-refractivity contribution >= 4 is 23.3 Å². The number of nitrogens with zero attached hydrogens (tertiary/aromatic N) is 3. The Bertz CT molecular complexity index is 1200. The van der Waals surface area contributed by atoms with Crippen LogP contribution in [-0.2, 0) is 17.4 Å². The molecule has 2 heterocycles. The molecule has 4 aromatic rings. The Morgan fingerprint density at radius 2 is 1.66 bits per heavy atom. The van der Waals surface area contributed by atoms with Crippen LogP contribution in [0.2, 0.25) is 0 Å². The Morgan fingerprint density at radius 1 is 0.969 bits per heavy atom. The molecule has 164 valence electrons.